The lowest BCUT2D eigenvalue weighted by Crippen LogP contribution is -2.37. The van der Waals surface area contributed by atoms with Crippen molar-refractivity contribution in [3.05, 3.63) is 35.8 Å². The lowest BCUT2D eigenvalue weighted by atomic mass is 9.81. The second-order valence-electron chi connectivity index (χ2n) is 4.88. The van der Waals surface area contributed by atoms with E-state index in [0.29, 0.717) is 0 Å². The average Bonchev–Trinajstić information content (AvgIpc) is 2.85. The summed E-state index contributed by atoms with van der Waals surface area (Å²) in [4.78, 5) is 0. The fraction of sp³-hybridized carbons (Fsp3) is 0.429. The van der Waals surface area contributed by atoms with Gasteiger partial charge in [-0.25, -0.2) is 4.39 Å². The number of piperidine rings is 1. The van der Waals surface area contributed by atoms with Crippen LogP contribution in [0.5, 0.6) is 0 Å². The molecule has 2 atom stereocenters. The number of aliphatic hydroxyl groups is 1. The SMILES string of the molecule is OC[C@H]1CNCC[C@H]1c1cc(F)cc2ccoc12. The molecule has 1 aliphatic heterocycles. The molecule has 0 saturated carbocycles. The van der Waals surface area contributed by atoms with E-state index in [2.05, 4.69) is 5.32 Å². The predicted octanol–water partition coefficient (Wildman–Crippen LogP) is 2.26. The zero-order chi connectivity index (χ0) is 12.5. The van der Waals surface area contributed by atoms with E-state index in [1.54, 1.807) is 18.4 Å². The smallest absolute Gasteiger partial charge is 0.137 e. The fourth-order valence-corrected chi connectivity index (χ4v) is 2.87. The van der Waals surface area contributed by atoms with Crippen molar-refractivity contribution in [1.29, 1.82) is 0 Å². The van der Waals surface area contributed by atoms with Gasteiger partial charge in [0.15, 0.2) is 0 Å². The molecule has 1 fully saturated rings. The number of furan rings is 1. The summed E-state index contributed by atoms with van der Waals surface area (Å²) in [6, 6.07) is 4.80. The third-order valence-corrected chi connectivity index (χ3v) is 3.79. The highest BCUT2D eigenvalue weighted by Crippen LogP contribution is 2.35. The molecule has 0 spiro atoms. The van der Waals surface area contributed by atoms with Crippen LogP contribution < -0.4 is 5.32 Å². The van der Waals surface area contributed by atoms with Gasteiger partial charge in [0.05, 0.1) is 6.26 Å². The standard InChI is InChI=1S/C14H16FNO2/c15-11-5-9-2-4-18-14(9)13(6-11)12-1-3-16-7-10(12)8-17/h2,4-6,10,12,16-17H,1,3,7-8H2/t10-,12-/m1/s1. The average molecular weight is 249 g/mol. The molecule has 4 heteroatoms. The van der Waals surface area contributed by atoms with Crippen LogP contribution in [-0.2, 0) is 0 Å². The van der Waals surface area contributed by atoms with Crippen molar-refractivity contribution in [1.82, 2.24) is 5.32 Å². The lowest BCUT2D eigenvalue weighted by molar-refractivity contribution is 0.179. The number of rotatable bonds is 2. The van der Waals surface area contributed by atoms with Crippen molar-refractivity contribution in [3.63, 3.8) is 0 Å². The minimum Gasteiger partial charge on any atom is -0.464 e. The molecular weight excluding hydrogens is 233 g/mol. The third-order valence-electron chi connectivity index (χ3n) is 3.79. The Hall–Kier alpha value is -1.39. The van der Waals surface area contributed by atoms with Gasteiger partial charge >= 0.3 is 0 Å². The third kappa shape index (κ3) is 1.91. The summed E-state index contributed by atoms with van der Waals surface area (Å²) in [6.07, 6.45) is 2.48. The van der Waals surface area contributed by atoms with Gasteiger partial charge in [0.25, 0.3) is 0 Å². The summed E-state index contributed by atoms with van der Waals surface area (Å²) in [5.41, 5.74) is 1.64. The Balaban J connectivity index is 2.08. The van der Waals surface area contributed by atoms with Gasteiger partial charge in [0.2, 0.25) is 0 Å². The van der Waals surface area contributed by atoms with Crippen molar-refractivity contribution >= 4 is 11.0 Å². The summed E-state index contributed by atoms with van der Waals surface area (Å²) in [5.74, 6) is 0.0311. The minimum absolute atomic E-state index is 0.108. The molecule has 0 unspecified atom stereocenters. The molecule has 2 aromatic rings. The van der Waals surface area contributed by atoms with E-state index in [-0.39, 0.29) is 24.3 Å². The molecule has 2 N–H and O–H groups in total. The van der Waals surface area contributed by atoms with Gasteiger partial charge in [0.1, 0.15) is 11.4 Å². The monoisotopic (exact) mass is 249 g/mol. The summed E-state index contributed by atoms with van der Waals surface area (Å²) >= 11 is 0. The quantitative estimate of drug-likeness (QED) is 0.858. The topological polar surface area (TPSA) is 45.4 Å². The Morgan fingerprint density at radius 2 is 2.33 bits per heavy atom. The first-order valence-corrected chi connectivity index (χ1v) is 6.28. The van der Waals surface area contributed by atoms with E-state index in [4.69, 9.17) is 4.42 Å². The molecule has 0 amide bonds. The summed E-state index contributed by atoms with van der Waals surface area (Å²) < 4.78 is 19.1. The van der Waals surface area contributed by atoms with Crippen LogP contribution in [0, 0.1) is 11.7 Å². The lowest BCUT2D eigenvalue weighted by Gasteiger charge is -2.31. The van der Waals surface area contributed by atoms with E-state index < -0.39 is 0 Å². The zero-order valence-electron chi connectivity index (χ0n) is 10.0. The van der Waals surface area contributed by atoms with Crippen LogP contribution in [-0.4, -0.2) is 24.8 Å². The molecule has 1 aromatic carbocycles. The first-order chi connectivity index (χ1) is 8.79. The fourth-order valence-electron chi connectivity index (χ4n) is 2.87. The van der Waals surface area contributed by atoms with Crippen LogP contribution in [0.4, 0.5) is 4.39 Å². The first-order valence-electron chi connectivity index (χ1n) is 6.28. The molecule has 0 radical (unpaired) electrons. The van der Waals surface area contributed by atoms with Crippen LogP contribution in [0.3, 0.4) is 0 Å². The molecule has 0 bridgehead atoms. The highest BCUT2D eigenvalue weighted by molar-refractivity contribution is 5.81. The molecule has 18 heavy (non-hydrogen) atoms. The van der Waals surface area contributed by atoms with Crippen LogP contribution in [0.1, 0.15) is 17.9 Å². The second-order valence-corrected chi connectivity index (χ2v) is 4.88. The van der Waals surface area contributed by atoms with Crippen molar-refractivity contribution in [2.75, 3.05) is 19.7 Å². The summed E-state index contributed by atoms with van der Waals surface area (Å²) in [7, 11) is 0. The van der Waals surface area contributed by atoms with Crippen LogP contribution >= 0.6 is 0 Å². The predicted molar refractivity (Wildman–Crippen MR) is 67.0 cm³/mol. The van der Waals surface area contributed by atoms with Gasteiger partial charge in [0, 0.05) is 30.0 Å². The van der Waals surface area contributed by atoms with Gasteiger partial charge in [-0.1, -0.05) is 0 Å². The summed E-state index contributed by atoms with van der Waals surface area (Å²) in [6.45, 7) is 1.76. The van der Waals surface area contributed by atoms with Crippen molar-refractivity contribution in [2.45, 2.75) is 12.3 Å². The number of hydrogen-bond donors (Lipinski definition) is 2. The number of benzene rings is 1. The van der Waals surface area contributed by atoms with E-state index in [1.165, 1.54) is 6.07 Å². The molecule has 96 valence electrons. The van der Waals surface area contributed by atoms with Gasteiger partial charge in [-0.15, -0.1) is 0 Å². The maximum Gasteiger partial charge on any atom is 0.137 e. The minimum atomic E-state index is -0.242. The molecule has 1 aromatic heterocycles. The number of fused-ring (bicyclic) bond motifs is 1. The van der Waals surface area contributed by atoms with Gasteiger partial charge < -0.3 is 14.8 Å². The Kier molecular flexibility index (Phi) is 3.06. The first kappa shape index (κ1) is 11.7. The molecule has 1 aliphatic rings. The molecule has 2 heterocycles. The molecule has 0 aliphatic carbocycles. The number of hydrogen-bond acceptors (Lipinski definition) is 3. The number of aliphatic hydroxyl groups excluding tert-OH is 1. The molecule has 3 nitrogen and oxygen atoms in total. The van der Waals surface area contributed by atoms with E-state index in [9.17, 15) is 9.50 Å². The molecule has 1 saturated heterocycles. The Morgan fingerprint density at radius 1 is 1.44 bits per heavy atom. The van der Waals surface area contributed by atoms with Gasteiger partial charge in [-0.05, 0) is 37.1 Å². The van der Waals surface area contributed by atoms with Crippen molar-refractivity contribution < 1.29 is 13.9 Å². The van der Waals surface area contributed by atoms with E-state index in [0.717, 1.165) is 36.0 Å². The van der Waals surface area contributed by atoms with Crippen molar-refractivity contribution in [3.8, 4) is 0 Å². The Bertz CT molecular complexity index is 552. The zero-order valence-corrected chi connectivity index (χ0v) is 10.0. The molecule has 3 rings (SSSR count). The Labute approximate surface area is 105 Å². The second kappa shape index (κ2) is 4.71. The van der Waals surface area contributed by atoms with Gasteiger partial charge in [-0.3, -0.25) is 0 Å². The van der Waals surface area contributed by atoms with E-state index >= 15 is 0 Å². The largest absolute Gasteiger partial charge is 0.464 e. The number of nitrogens with one attached hydrogen (secondary N) is 1. The molecular formula is C14H16FNO2. The van der Waals surface area contributed by atoms with Crippen LogP contribution in [0.25, 0.3) is 11.0 Å². The highest BCUT2D eigenvalue weighted by Gasteiger charge is 2.28. The van der Waals surface area contributed by atoms with Crippen LogP contribution in [0.15, 0.2) is 28.9 Å². The van der Waals surface area contributed by atoms with Crippen molar-refractivity contribution in [2.24, 2.45) is 5.92 Å². The van der Waals surface area contributed by atoms with E-state index in [1.807, 2.05) is 0 Å². The van der Waals surface area contributed by atoms with Gasteiger partial charge in [-0.2, -0.15) is 0 Å². The number of halogens is 1. The highest BCUT2D eigenvalue weighted by atomic mass is 19.1. The maximum absolute atomic E-state index is 13.6. The van der Waals surface area contributed by atoms with Crippen LogP contribution in [0.2, 0.25) is 0 Å². The Morgan fingerprint density at radius 3 is 3.17 bits per heavy atom. The maximum atomic E-state index is 13.6. The summed E-state index contributed by atoms with van der Waals surface area (Å²) in [5, 5.41) is 13.5. The normalized spacial score (nSPS) is 24.6.